The van der Waals surface area contributed by atoms with Crippen molar-refractivity contribution in [1.29, 1.82) is 0 Å². The molecule has 20 heteroatoms. The Hall–Kier alpha value is -4.85. The van der Waals surface area contributed by atoms with Crippen molar-refractivity contribution in [2.45, 2.75) is 83.1 Å². The maximum absolute atomic E-state index is 13.2. The number of carbonyl (C=O) groups is 9. The molecule has 0 aromatic rings. The van der Waals surface area contributed by atoms with Gasteiger partial charge in [-0.2, -0.15) is 0 Å². The summed E-state index contributed by atoms with van der Waals surface area (Å²) >= 11 is 0. The molecule has 0 unspecified atom stereocenters. The summed E-state index contributed by atoms with van der Waals surface area (Å²) in [5, 5.41) is 41.9. The van der Waals surface area contributed by atoms with Crippen LogP contribution in [0.1, 0.15) is 52.9 Å². The highest BCUT2D eigenvalue weighted by Gasteiger charge is 2.38. The van der Waals surface area contributed by atoms with Gasteiger partial charge in [0, 0.05) is 13.0 Å². The summed E-state index contributed by atoms with van der Waals surface area (Å²) in [5.74, 6) is -8.11. The summed E-state index contributed by atoms with van der Waals surface area (Å²) < 4.78 is 0. The van der Waals surface area contributed by atoms with E-state index >= 15 is 0 Å². The number of aliphatic carboxylic acids is 2. The van der Waals surface area contributed by atoms with E-state index in [9.17, 15) is 53.4 Å². The van der Waals surface area contributed by atoms with Gasteiger partial charge in [0.05, 0.1) is 26.2 Å². The standard InChI is InChI=1S/C28H46N8O12/c1-14(2)9-17(28(47)48)33-21(39)12-31-26(45)19-5-4-8-36(19)27(46)18(13-37)34-22(40)11-30-25(44)16(6-7-23(41)42)35-24(43)15(3)32-20(38)10-29/h14-19,37H,4-13,29H2,1-3H3,(H,30,44)(H,31,45)(H,32,38)(H,33,39)(H,34,40)(H,35,43)(H,41,42)(H,47,48)/t15-,16-,17-,18-,19-/m0/s1. The molecule has 5 atom stereocenters. The molecule has 1 aliphatic rings. The molecule has 0 spiro atoms. The molecule has 1 rings (SSSR count). The fourth-order valence-corrected chi connectivity index (χ4v) is 4.65. The minimum absolute atomic E-state index is 0.0175. The number of nitrogens with one attached hydrogen (secondary N) is 6. The zero-order valence-electron chi connectivity index (χ0n) is 27.1. The highest BCUT2D eigenvalue weighted by molar-refractivity contribution is 5.96. The Morgan fingerprint density at radius 1 is 0.792 bits per heavy atom. The predicted octanol–water partition coefficient (Wildman–Crippen LogP) is -4.88. The molecule has 48 heavy (non-hydrogen) atoms. The minimum Gasteiger partial charge on any atom is -0.481 e. The first-order valence-electron chi connectivity index (χ1n) is 15.3. The number of carbonyl (C=O) groups excluding carboxylic acids is 7. The summed E-state index contributed by atoms with van der Waals surface area (Å²) in [7, 11) is 0. The highest BCUT2D eigenvalue weighted by Crippen LogP contribution is 2.18. The van der Waals surface area contributed by atoms with E-state index in [2.05, 4.69) is 31.9 Å². The second-order valence-electron chi connectivity index (χ2n) is 11.5. The molecular formula is C28H46N8O12. The van der Waals surface area contributed by atoms with Crippen LogP contribution in [0, 0.1) is 5.92 Å². The number of carboxylic acid groups (broad SMARTS) is 2. The highest BCUT2D eigenvalue weighted by atomic mass is 16.4. The largest absolute Gasteiger partial charge is 0.481 e. The average molecular weight is 687 g/mol. The summed E-state index contributed by atoms with van der Waals surface area (Å²) in [6.45, 7) is 2.42. The zero-order chi connectivity index (χ0) is 36.6. The Morgan fingerprint density at radius 2 is 1.40 bits per heavy atom. The number of hydrogen-bond acceptors (Lipinski definition) is 11. The van der Waals surface area contributed by atoms with Gasteiger partial charge in [0.15, 0.2) is 0 Å². The number of aliphatic hydroxyl groups excluding tert-OH is 1. The molecule has 0 aliphatic carbocycles. The topological polar surface area (TPSA) is 316 Å². The van der Waals surface area contributed by atoms with E-state index < -0.39 is 116 Å². The Kier molecular flexibility index (Phi) is 17.5. The lowest BCUT2D eigenvalue weighted by Crippen LogP contribution is -2.57. The van der Waals surface area contributed by atoms with Crippen LogP contribution in [-0.2, 0) is 43.2 Å². The quantitative estimate of drug-likeness (QED) is 0.0575. The van der Waals surface area contributed by atoms with Crippen LogP contribution >= 0.6 is 0 Å². The molecule has 270 valence electrons. The van der Waals surface area contributed by atoms with Gasteiger partial charge in [-0.15, -0.1) is 0 Å². The van der Waals surface area contributed by atoms with Crippen LogP contribution in [0.3, 0.4) is 0 Å². The molecule has 1 saturated heterocycles. The van der Waals surface area contributed by atoms with Crippen molar-refractivity contribution in [2.24, 2.45) is 11.7 Å². The zero-order valence-corrected chi connectivity index (χ0v) is 27.1. The van der Waals surface area contributed by atoms with Crippen LogP contribution in [0.25, 0.3) is 0 Å². The van der Waals surface area contributed by atoms with Crippen LogP contribution in [0.15, 0.2) is 0 Å². The second kappa shape index (κ2) is 20.4. The molecule has 7 amide bonds. The molecule has 20 nitrogen and oxygen atoms in total. The van der Waals surface area contributed by atoms with Gasteiger partial charge in [0.2, 0.25) is 41.4 Å². The smallest absolute Gasteiger partial charge is 0.326 e. The number of amides is 7. The first-order chi connectivity index (χ1) is 22.5. The number of aliphatic hydroxyl groups is 1. The van der Waals surface area contributed by atoms with Crippen molar-refractivity contribution in [3.63, 3.8) is 0 Å². The predicted molar refractivity (Wildman–Crippen MR) is 164 cm³/mol. The van der Waals surface area contributed by atoms with Gasteiger partial charge in [-0.05, 0) is 38.5 Å². The number of hydrogen-bond donors (Lipinski definition) is 10. The minimum atomic E-state index is -1.52. The van der Waals surface area contributed by atoms with Gasteiger partial charge in [-0.3, -0.25) is 38.4 Å². The first kappa shape index (κ1) is 41.2. The Balaban J connectivity index is 2.77. The van der Waals surface area contributed by atoms with E-state index in [1.54, 1.807) is 13.8 Å². The molecular weight excluding hydrogens is 640 g/mol. The number of nitrogens with two attached hydrogens (primary N) is 1. The van der Waals surface area contributed by atoms with Gasteiger partial charge >= 0.3 is 11.9 Å². The molecule has 0 bridgehead atoms. The molecule has 1 heterocycles. The molecule has 0 radical (unpaired) electrons. The lowest BCUT2D eigenvalue weighted by molar-refractivity contribution is -0.143. The van der Waals surface area contributed by atoms with Crippen LogP contribution in [0.5, 0.6) is 0 Å². The fourth-order valence-electron chi connectivity index (χ4n) is 4.65. The van der Waals surface area contributed by atoms with Crippen LogP contribution in [0.4, 0.5) is 0 Å². The Labute approximate surface area is 276 Å². The lowest BCUT2D eigenvalue weighted by atomic mass is 10.0. The van der Waals surface area contributed by atoms with E-state index in [1.807, 2.05) is 0 Å². The van der Waals surface area contributed by atoms with Crippen molar-refractivity contribution in [1.82, 2.24) is 36.8 Å². The third-order valence-electron chi connectivity index (χ3n) is 7.08. The van der Waals surface area contributed by atoms with Gasteiger partial charge in [0.1, 0.15) is 30.2 Å². The van der Waals surface area contributed by atoms with Crippen molar-refractivity contribution in [3.8, 4) is 0 Å². The molecule has 0 aromatic carbocycles. The Morgan fingerprint density at radius 3 is 1.94 bits per heavy atom. The van der Waals surface area contributed by atoms with Crippen molar-refractivity contribution >= 4 is 53.3 Å². The maximum Gasteiger partial charge on any atom is 0.326 e. The third kappa shape index (κ3) is 14.3. The van der Waals surface area contributed by atoms with Gasteiger partial charge in [0.25, 0.3) is 0 Å². The van der Waals surface area contributed by atoms with Crippen LogP contribution in [-0.4, -0.2) is 137 Å². The van der Waals surface area contributed by atoms with Crippen LogP contribution in [0.2, 0.25) is 0 Å². The first-order valence-corrected chi connectivity index (χ1v) is 15.3. The molecule has 11 N–H and O–H groups in total. The fraction of sp³-hybridized carbons (Fsp3) is 0.679. The van der Waals surface area contributed by atoms with E-state index in [-0.39, 0.29) is 31.7 Å². The third-order valence-corrected chi connectivity index (χ3v) is 7.08. The van der Waals surface area contributed by atoms with Gasteiger partial charge in [-0.1, -0.05) is 13.8 Å². The summed E-state index contributed by atoms with van der Waals surface area (Å²) in [4.78, 5) is 111. The molecule has 0 aromatic heterocycles. The summed E-state index contributed by atoms with van der Waals surface area (Å²) in [6, 6.07) is -6.24. The van der Waals surface area contributed by atoms with E-state index in [0.29, 0.717) is 6.42 Å². The van der Waals surface area contributed by atoms with Gasteiger partial charge < -0.3 is 57.9 Å². The number of rotatable bonds is 20. The summed E-state index contributed by atoms with van der Waals surface area (Å²) in [5.41, 5.74) is 5.19. The molecule has 1 fully saturated rings. The number of nitrogens with zero attached hydrogens (tertiary/aromatic N) is 1. The monoisotopic (exact) mass is 686 g/mol. The normalized spacial score (nSPS) is 16.5. The Bertz CT molecular complexity index is 1210. The van der Waals surface area contributed by atoms with Crippen molar-refractivity contribution < 1.29 is 58.5 Å². The lowest BCUT2D eigenvalue weighted by Gasteiger charge is -2.28. The maximum atomic E-state index is 13.2. The summed E-state index contributed by atoms with van der Waals surface area (Å²) in [6.07, 6.45) is -0.0982. The number of carboxylic acids is 2. The SMILES string of the molecule is CC(C)C[C@H](NC(=O)CNC(=O)[C@@H]1CCCN1C(=O)[C@H](CO)NC(=O)CNC(=O)[C@H](CCC(=O)O)NC(=O)[C@H](C)NC(=O)CN)C(=O)O. The van der Waals surface area contributed by atoms with Crippen LogP contribution < -0.4 is 37.6 Å². The average Bonchev–Trinajstić information content (AvgIpc) is 3.52. The van der Waals surface area contributed by atoms with Crippen molar-refractivity contribution in [2.75, 3.05) is 32.8 Å². The van der Waals surface area contributed by atoms with Gasteiger partial charge in [-0.25, -0.2) is 4.79 Å². The molecule has 0 saturated carbocycles. The molecule has 1 aliphatic heterocycles. The van der Waals surface area contributed by atoms with E-state index in [4.69, 9.17) is 10.8 Å². The van der Waals surface area contributed by atoms with E-state index in [1.165, 1.54) is 6.92 Å². The second-order valence-corrected chi connectivity index (χ2v) is 11.5. The van der Waals surface area contributed by atoms with E-state index in [0.717, 1.165) is 4.90 Å². The van der Waals surface area contributed by atoms with Crippen molar-refractivity contribution in [3.05, 3.63) is 0 Å². The number of likely N-dealkylation sites (tertiary alicyclic amines) is 1.